The molecule has 0 fully saturated rings. The number of thioether (sulfide) groups is 1. The second-order valence-corrected chi connectivity index (χ2v) is 14.4. The lowest BCUT2D eigenvalue weighted by Crippen LogP contribution is -2.33. The van der Waals surface area contributed by atoms with Crippen molar-refractivity contribution >= 4 is 26.5 Å². The van der Waals surface area contributed by atoms with E-state index in [1.165, 1.54) is 93.2 Å². The fourth-order valence-electron chi connectivity index (χ4n) is 5.14. The van der Waals surface area contributed by atoms with E-state index in [2.05, 4.69) is 31.0 Å². The number of carbonyl (C=O) groups excluding carboxylic acids is 1. The number of unbranched alkanes of at least 4 members (excludes halogenated alkanes) is 13. The van der Waals surface area contributed by atoms with Gasteiger partial charge in [-0.15, -0.1) is 11.8 Å². The van der Waals surface area contributed by atoms with Gasteiger partial charge < -0.3 is 29.1 Å². The number of rotatable bonds is 26. The minimum absolute atomic E-state index is 0.0305. The smallest absolute Gasteiger partial charge is 0.407 e. The number of amides is 1. The van der Waals surface area contributed by atoms with Crippen LogP contribution in [0.15, 0.2) is 34.9 Å². The molecule has 0 aliphatic carbocycles. The second-order valence-electron chi connectivity index (χ2n) is 12.3. The molecule has 1 aliphatic heterocycles. The van der Waals surface area contributed by atoms with E-state index in [1.807, 2.05) is 49.9 Å². The largest absolute Gasteiger partial charge is 0.447 e. The molecule has 2 rings (SSSR count). The molecular weight excluding hydrogens is 607 g/mol. The van der Waals surface area contributed by atoms with E-state index >= 15 is 0 Å². The highest BCUT2D eigenvalue weighted by Gasteiger charge is 2.20. The monoisotopic (exact) mass is 668 g/mol. The fourth-order valence-corrected chi connectivity index (χ4v) is 6.76. The normalized spacial score (nSPS) is 14.7. The van der Waals surface area contributed by atoms with Gasteiger partial charge in [0.2, 0.25) is 0 Å². The Morgan fingerprint density at radius 1 is 0.911 bits per heavy atom. The summed E-state index contributed by atoms with van der Waals surface area (Å²) >= 11 is 1.86. The highest BCUT2D eigenvalue weighted by atomic mass is 32.2. The van der Waals surface area contributed by atoms with Crippen molar-refractivity contribution in [2.45, 2.75) is 143 Å². The number of hydrogen-bond donors (Lipinski definition) is 2. The number of carbonyl (C=O) groups is 1. The maximum atomic E-state index is 12.2. The first-order chi connectivity index (χ1) is 21.8. The minimum Gasteiger partial charge on any atom is -0.447 e. The first-order valence-electron chi connectivity index (χ1n) is 17.3. The van der Waals surface area contributed by atoms with Gasteiger partial charge in [-0.05, 0) is 51.8 Å². The van der Waals surface area contributed by atoms with Crippen LogP contribution in [-0.4, -0.2) is 53.7 Å². The molecule has 45 heavy (non-hydrogen) atoms. The van der Waals surface area contributed by atoms with Crippen LogP contribution in [0.1, 0.15) is 130 Å². The minimum atomic E-state index is -2.16. The van der Waals surface area contributed by atoms with Crippen LogP contribution in [0.25, 0.3) is 0 Å². The summed E-state index contributed by atoms with van der Waals surface area (Å²) in [7, 11) is -2.16. The lowest BCUT2D eigenvalue weighted by Gasteiger charge is -2.21. The molecule has 10 heteroatoms. The van der Waals surface area contributed by atoms with Crippen molar-refractivity contribution in [3.8, 4) is 5.75 Å². The summed E-state index contributed by atoms with van der Waals surface area (Å²) in [4.78, 5) is 26.3. The summed E-state index contributed by atoms with van der Waals surface area (Å²) < 4.78 is 22.3. The molecule has 0 radical (unpaired) electrons. The zero-order valence-electron chi connectivity index (χ0n) is 28.7. The van der Waals surface area contributed by atoms with Gasteiger partial charge in [-0.25, -0.2) is 4.79 Å². The fraction of sp³-hybridized carbons (Fsp3) is 0.743. The van der Waals surface area contributed by atoms with E-state index in [0.29, 0.717) is 12.3 Å². The van der Waals surface area contributed by atoms with Gasteiger partial charge in [-0.2, -0.15) is 0 Å². The SMILES string of the molecule is CCCCCCCCCCCCCCCCNC(=O)OCC(COP(O)Oc1ccc(CN2CSC(C)=C2C)cc1)OC(C)C. The third-order valence-electron chi connectivity index (χ3n) is 7.94. The molecule has 0 bridgehead atoms. The zero-order valence-corrected chi connectivity index (χ0v) is 30.4. The predicted molar refractivity (Wildman–Crippen MR) is 188 cm³/mol. The number of nitrogens with one attached hydrogen (secondary N) is 1. The third-order valence-corrected chi connectivity index (χ3v) is 9.84. The van der Waals surface area contributed by atoms with Crippen molar-refractivity contribution in [1.29, 1.82) is 0 Å². The number of nitrogens with zero attached hydrogens (tertiary/aromatic N) is 1. The maximum Gasteiger partial charge on any atom is 0.407 e. The van der Waals surface area contributed by atoms with Gasteiger partial charge in [0, 0.05) is 23.7 Å². The number of allylic oxidation sites excluding steroid dienone is 2. The number of alkyl carbamates (subject to hydrolysis) is 1. The van der Waals surface area contributed by atoms with Crippen molar-refractivity contribution in [2.24, 2.45) is 0 Å². The number of hydrogen-bond acceptors (Lipinski definition) is 8. The highest BCUT2D eigenvalue weighted by molar-refractivity contribution is 8.03. The van der Waals surface area contributed by atoms with Crippen LogP contribution in [-0.2, 0) is 20.5 Å². The quantitative estimate of drug-likeness (QED) is 0.0745. The number of benzene rings is 1. The predicted octanol–water partition coefficient (Wildman–Crippen LogP) is 10.1. The molecule has 2 atom stereocenters. The van der Waals surface area contributed by atoms with E-state index in [-0.39, 0.29) is 19.3 Å². The van der Waals surface area contributed by atoms with E-state index in [0.717, 1.165) is 25.3 Å². The number of ether oxygens (including phenoxy) is 2. The van der Waals surface area contributed by atoms with Crippen LogP contribution < -0.4 is 9.84 Å². The summed E-state index contributed by atoms with van der Waals surface area (Å²) in [5.74, 6) is 1.50. The molecule has 1 heterocycles. The van der Waals surface area contributed by atoms with Gasteiger partial charge in [0.25, 0.3) is 0 Å². The molecule has 2 unspecified atom stereocenters. The van der Waals surface area contributed by atoms with Crippen LogP contribution in [0.3, 0.4) is 0 Å². The first kappa shape index (κ1) is 39.7. The van der Waals surface area contributed by atoms with E-state index in [9.17, 15) is 9.69 Å². The molecule has 0 aromatic heterocycles. The second kappa shape index (κ2) is 24.6. The molecule has 1 amide bonds. The summed E-state index contributed by atoms with van der Waals surface area (Å²) in [6.07, 6.45) is 17.2. The summed E-state index contributed by atoms with van der Waals surface area (Å²) in [5, 5.41) is 2.83. The Morgan fingerprint density at radius 3 is 2.02 bits per heavy atom. The molecular formula is C35H61N2O6PS. The average Bonchev–Trinajstić information content (AvgIpc) is 3.33. The van der Waals surface area contributed by atoms with Gasteiger partial charge in [0.15, 0.2) is 0 Å². The van der Waals surface area contributed by atoms with Crippen molar-refractivity contribution in [3.05, 3.63) is 40.4 Å². The summed E-state index contributed by atoms with van der Waals surface area (Å²) in [5.41, 5.74) is 2.49. The lowest BCUT2D eigenvalue weighted by atomic mass is 10.0. The molecule has 8 nitrogen and oxygen atoms in total. The van der Waals surface area contributed by atoms with Crippen molar-refractivity contribution in [1.82, 2.24) is 10.2 Å². The Balaban J connectivity index is 1.52. The Morgan fingerprint density at radius 2 is 1.49 bits per heavy atom. The molecule has 1 aromatic rings. The molecule has 0 saturated heterocycles. The molecule has 0 saturated carbocycles. The molecule has 258 valence electrons. The standard InChI is InChI=1S/C35H61N2O6PS/c1-6-7-8-9-10-11-12-13-14-15-16-17-18-19-24-36-35(38)40-26-34(42-29(2)3)27-41-44(39)43-33-22-20-32(21-23-33)25-37-28-45-31(5)30(37)4/h20-23,29,34,39H,6-19,24-28H2,1-5H3,(H,36,38). The van der Waals surface area contributed by atoms with Crippen molar-refractivity contribution in [2.75, 3.05) is 25.6 Å². The van der Waals surface area contributed by atoms with E-state index < -0.39 is 20.8 Å². The Bertz CT molecular complexity index is 949. The Hall–Kier alpha value is -1.51. The van der Waals surface area contributed by atoms with Gasteiger partial charge in [-0.3, -0.25) is 4.52 Å². The third kappa shape index (κ3) is 19.0. The van der Waals surface area contributed by atoms with Crippen LogP contribution in [0.2, 0.25) is 0 Å². The molecule has 1 aromatic carbocycles. The zero-order chi connectivity index (χ0) is 32.7. The first-order valence-corrected chi connectivity index (χ1v) is 19.4. The van der Waals surface area contributed by atoms with Crippen molar-refractivity contribution < 1.29 is 28.2 Å². The van der Waals surface area contributed by atoms with Gasteiger partial charge >= 0.3 is 14.7 Å². The van der Waals surface area contributed by atoms with Gasteiger partial charge in [-0.1, -0.05) is 103 Å². The van der Waals surface area contributed by atoms with E-state index in [1.54, 1.807) is 0 Å². The van der Waals surface area contributed by atoms with Crippen LogP contribution in [0.5, 0.6) is 5.75 Å². The van der Waals surface area contributed by atoms with Crippen LogP contribution in [0.4, 0.5) is 4.79 Å². The molecule has 1 aliphatic rings. The van der Waals surface area contributed by atoms with Gasteiger partial charge in [0.05, 0.1) is 18.6 Å². The molecule has 0 spiro atoms. The van der Waals surface area contributed by atoms with Crippen molar-refractivity contribution in [3.63, 3.8) is 0 Å². The van der Waals surface area contributed by atoms with Crippen LogP contribution >= 0.6 is 20.4 Å². The Kier molecular flexibility index (Phi) is 21.7. The molecule has 2 N–H and O–H groups in total. The average molecular weight is 669 g/mol. The maximum absolute atomic E-state index is 12.2. The highest BCUT2D eigenvalue weighted by Crippen LogP contribution is 2.36. The topological polar surface area (TPSA) is 89.5 Å². The summed E-state index contributed by atoms with van der Waals surface area (Å²) in [6, 6.07) is 7.68. The summed E-state index contributed by atoms with van der Waals surface area (Å²) in [6.45, 7) is 11.9. The van der Waals surface area contributed by atoms with E-state index in [4.69, 9.17) is 18.5 Å². The Labute approximate surface area is 279 Å². The lowest BCUT2D eigenvalue weighted by molar-refractivity contribution is -0.0488. The van der Waals surface area contributed by atoms with Crippen LogP contribution in [0, 0.1) is 0 Å². The van der Waals surface area contributed by atoms with Gasteiger partial charge in [0.1, 0.15) is 18.5 Å².